The van der Waals surface area contributed by atoms with E-state index in [9.17, 15) is 0 Å². The van der Waals surface area contributed by atoms with Crippen molar-refractivity contribution < 1.29 is 20.6 Å². The molecular formula is C4H18O5Si6. The molecule has 5 nitrogen and oxygen atoms in total. The van der Waals surface area contributed by atoms with Crippen molar-refractivity contribution in [3.8, 4) is 0 Å². The van der Waals surface area contributed by atoms with E-state index in [0.717, 1.165) is 10.5 Å². The van der Waals surface area contributed by atoms with Crippen molar-refractivity contribution in [1.29, 1.82) is 0 Å². The summed E-state index contributed by atoms with van der Waals surface area (Å²) in [5.74, 6) is 0. The summed E-state index contributed by atoms with van der Waals surface area (Å²) < 4.78 is 26.4. The second-order valence-electron chi connectivity index (χ2n) is 2.48. The van der Waals surface area contributed by atoms with Crippen LogP contribution in [0.5, 0.6) is 0 Å². The summed E-state index contributed by atoms with van der Waals surface area (Å²) in [5, 5.41) is 0. The molecule has 0 saturated carbocycles. The van der Waals surface area contributed by atoms with E-state index in [0.29, 0.717) is 0 Å². The Morgan fingerprint density at radius 3 is 2.00 bits per heavy atom. The molecule has 0 aromatic rings. The Balaban J connectivity index is 3.10. The van der Waals surface area contributed by atoms with E-state index in [1.807, 2.05) is 11.4 Å². The highest BCUT2D eigenvalue weighted by Gasteiger charge is 2.00. The lowest BCUT2D eigenvalue weighted by molar-refractivity contribution is 0.389. The zero-order valence-electron chi connectivity index (χ0n) is 9.02. The van der Waals surface area contributed by atoms with Crippen molar-refractivity contribution in [1.82, 2.24) is 0 Å². The van der Waals surface area contributed by atoms with Crippen molar-refractivity contribution in [2.45, 2.75) is 0 Å². The van der Waals surface area contributed by atoms with Gasteiger partial charge in [0.2, 0.25) is 9.04 Å². The summed E-state index contributed by atoms with van der Waals surface area (Å²) >= 11 is 0. The lowest BCUT2D eigenvalue weighted by Gasteiger charge is -2.09. The second-order valence-corrected chi connectivity index (χ2v) is 13.8. The van der Waals surface area contributed by atoms with E-state index in [1.165, 1.54) is 0 Å². The van der Waals surface area contributed by atoms with Crippen LogP contribution in [0.25, 0.3) is 0 Å². The molecule has 0 amide bonds. The van der Waals surface area contributed by atoms with Gasteiger partial charge in [0.15, 0.2) is 0 Å². The molecule has 0 aromatic carbocycles. The van der Waals surface area contributed by atoms with Gasteiger partial charge in [0.05, 0.1) is 0 Å². The van der Waals surface area contributed by atoms with E-state index in [4.69, 9.17) is 20.6 Å². The molecule has 0 heterocycles. The van der Waals surface area contributed by atoms with E-state index >= 15 is 0 Å². The van der Waals surface area contributed by atoms with Crippen LogP contribution in [0.2, 0.25) is 0 Å². The van der Waals surface area contributed by atoms with Gasteiger partial charge in [-0.05, 0) is 0 Å². The maximum atomic E-state index is 5.51. The van der Waals surface area contributed by atoms with Crippen molar-refractivity contribution >= 4 is 59.6 Å². The third-order valence-corrected chi connectivity index (χ3v) is 9.30. The fraction of sp³-hybridized carbons (Fsp3) is 0. The molecule has 0 atom stereocenters. The van der Waals surface area contributed by atoms with Crippen LogP contribution in [0.4, 0.5) is 0 Å². The van der Waals surface area contributed by atoms with Crippen LogP contribution in [0.1, 0.15) is 0 Å². The van der Waals surface area contributed by atoms with Crippen LogP contribution in [0.3, 0.4) is 0 Å². The molecule has 0 aliphatic rings. The fourth-order valence-corrected chi connectivity index (χ4v) is 9.87. The summed E-state index contributed by atoms with van der Waals surface area (Å²) in [5.41, 5.74) is 3.66. The predicted molar refractivity (Wildman–Crippen MR) is 77.1 cm³/mol. The van der Waals surface area contributed by atoms with E-state index in [-0.39, 0.29) is 0 Å². The van der Waals surface area contributed by atoms with Crippen molar-refractivity contribution in [3.05, 3.63) is 24.6 Å². The average molecular weight is 315 g/mol. The smallest absolute Gasteiger partial charge is 0.286 e. The van der Waals surface area contributed by atoms with Gasteiger partial charge in [-0.15, -0.1) is 13.2 Å². The fourth-order valence-electron chi connectivity index (χ4n) is 0.662. The molecule has 0 aromatic heterocycles. The molecule has 0 saturated heterocycles. The molecule has 11 heteroatoms. The first-order chi connectivity index (χ1) is 7.35. The molecule has 0 aliphatic carbocycles. The zero-order chi connectivity index (χ0) is 11.4. The Morgan fingerprint density at radius 2 is 1.47 bits per heavy atom. The van der Waals surface area contributed by atoms with Gasteiger partial charge in [-0.3, -0.25) is 0 Å². The lowest BCUT2D eigenvalue weighted by Crippen LogP contribution is -2.21. The molecule has 0 rings (SSSR count). The van der Waals surface area contributed by atoms with Gasteiger partial charge >= 0.3 is 0 Å². The van der Waals surface area contributed by atoms with E-state index < -0.39 is 49.1 Å². The second kappa shape index (κ2) is 12.6. The first-order valence-electron chi connectivity index (χ1n) is 4.44. The first kappa shape index (κ1) is 15.6. The van der Waals surface area contributed by atoms with Crippen LogP contribution in [0, 0.1) is 0 Å². The van der Waals surface area contributed by atoms with E-state index in [1.54, 1.807) is 0 Å². The number of hydrogen-bond donors (Lipinski definition) is 0. The summed E-state index contributed by atoms with van der Waals surface area (Å²) in [4.78, 5) is 0. The molecule has 0 fully saturated rings. The molecule has 0 spiro atoms. The van der Waals surface area contributed by atoms with Gasteiger partial charge in [0, 0.05) is 0 Å². The minimum Gasteiger partial charge on any atom is -0.449 e. The standard InChI is InChI=1S/C4H18O5Si6/c1-3-15(4-2)9-14-8-13-7-12-6-11-5-10/h3-4,15H,1-2,11-14H2,10H3. The third-order valence-electron chi connectivity index (χ3n) is 1.34. The average Bonchev–Trinajstić information content (AvgIpc) is 2.27. The van der Waals surface area contributed by atoms with Crippen LogP contribution >= 0.6 is 0 Å². The highest BCUT2D eigenvalue weighted by atomic mass is 28.4. The molecule has 0 radical (unpaired) electrons. The topological polar surface area (TPSA) is 46.2 Å². The van der Waals surface area contributed by atoms with Gasteiger partial charge in [0.1, 0.15) is 10.5 Å². The quantitative estimate of drug-likeness (QED) is 0.284. The van der Waals surface area contributed by atoms with Gasteiger partial charge in [-0.2, -0.15) is 0 Å². The maximum absolute atomic E-state index is 5.51. The van der Waals surface area contributed by atoms with Crippen molar-refractivity contribution in [2.24, 2.45) is 0 Å². The Hall–Kier alpha value is 0.581. The van der Waals surface area contributed by atoms with Crippen LogP contribution < -0.4 is 0 Å². The van der Waals surface area contributed by atoms with Crippen molar-refractivity contribution in [2.75, 3.05) is 0 Å². The summed E-state index contributed by atoms with van der Waals surface area (Å²) in [6.45, 7) is 7.35. The van der Waals surface area contributed by atoms with Crippen LogP contribution in [-0.4, -0.2) is 59.6 Å². The SMILES string of the molecule is C=C[SiH](C=C)O[SiH2]O[SiH2]O[SiH2]O[SiH2]O[SiH3]. The van der Waals surface area contributed by atoms with Gasteiger partial charge < -0.3 is 20.6 Å². The zero-order valence-corrected chi connectivity index (χ0v) is 17.8. The first-order valence-corrected chi connectivity index (χ1v) is 11.7. The Morgan fingerprint density at radius 1 is 0.933 bits per heavy atom. The molecule has 0 N–H and O–H groups in total. The predicted octanol–water partition coefficient (Wildman–Crippen LogP) is -4.48. The third kappa shape index (κ3) is 10.9. The maximum Gasteiger partial charge on any atom is 0.286 e. The minimum atomic E-state index is -1.36. The van der Waals surface area contributed by atoms with Crippen molar-refractivity contribution in [3.63, 3.8) is 0 Å². The van der Waals surface area contributed by atoms with Crippen LogP contribution in [0.15, 0.2) is 24.6 Å². The lowest BCUT2D eigenvalue weighted by atomic mass is 11.2. The largest absolute Gasteiger partial charge is 0.449 e. The monoisotopic (exact) mass is 314 g/mol. The molecule has 0 aliphatic heterocycles. The highest BCUT2D eigenvalue weighted by molar-refractivity contribution is 6.67. The Labute approximate surface area is 105 Å². The molecule has 0 bridgehead atoms. The van der Waals surface area contributed by atoms with Gasteiger partial charge in [0.25, 0.3) is 40.0 Å². The minimum absolute atomic E-state index is 0.713. The Bertz CT molecular complexity index is 162. The molecule has 88 valence electrons. The molecular weight excluding hydrogens is 297 g/mol. The normalized spacial score (nSPS) is 13.9. The molecule has 15 heavy (non-hydrogen) atoms. The number of rotatable bonds is 11. The van der Waals surface area contributed by atoms with Crippen LogP contribution in [-0.2, 0) is 20.6 Å². The summed E-state index contributed by atoms with van der Waals surface area (Å²) in [6.07, 6.45) is 0. The summed E-state index contributed by atoms with van der Waals surface area (Å²) in [7, 11) is -3.89. The Kier molecular flexibility index (Phi) is 13.1. The summed E-state index contributed by atoms with van der Waals surface area (Å²) in [6, 6.07) is 0. The highest BCUT2D eigenvalue weighted by Crippen LogP contribution is 1.86. The van der Waals surface area contributed by atoms with Gasteiger partial charge in [-0.25, -0.2) is 0 Å². The molecule has 0 unspecified atom stereocenters. The number of hydrogen-bond acceptors (Lipinski definition) is 5. The van der Waals surface area contributed by atoms with E-state index in [2.05, 4.69) is 13.2 Å². The van der Waals surface area contributed by atoms with Gasteiger partial charge in [-0.1, -0.05) is 11.4 Å².